The topological polar surface area (TPSA) is 60.2 Å². The van der Waals surface area contributed by atoms with E-state index in [1.807, 2.05) is 0 Å². The van der Waals surface area contributed by atoms with Crippen molar-refractivity contribution in [1.82, 2.24) is 15.5 Å². The van der Waals surface area contributed by atoms with Crippen LogP contribution in [0.4, 0.5) is 0 Å². The third-order valence-electron chi connectivity index (χ3n) is 4.02. The number of piperidine rings is 1. The lowest BCUT2D eigenvalue weighted by molar-refractivity contribution is 0.0830. The fraction of sp³-hybridized carbons (Fsp3) is 0.846. The van der Waals surface area contributed by atoms with Gasteiger partial charge in [-0.2, -0.15) is 4.98 Å². The molecule has 100 valence electrons. The normalized spacial score (nSPS) is 30.5. The maximum absolute atomic E-state index is 5.48. The molecule has 2 aliphatic rings. The van der Waals surface area contributed by atoms with Crippen molar-refractivity contribution in [3.05, 3.63) is 11.7 Å². The molecular formula is C13H21N3O2. The van der Waals surface area contributed by atoms with Gasteiger partial charge in [-0.05, 0) is 39.2 Å². The monoisotopic (exact) mass is 251 g/mol. The Labute approximate surface area is 107 Å². The highest BCUT2D eigenvalue weighted by Crippen LogP contribution is 2.29. The first-order valence-electron chi connectivity index (χ1n) is 6.97. The van der Waals surface area contributed by atoms with E-state index in [-0.39, 0.29) is 0 Å². The summed E-state index contributed by atoms with van der Waals surface area (Å²) in [6.45, 7) is 4.89. The van der Waals surface area contributed by atoms with Crippen LogP contribution in [0.3, 0.4) is 0 Å². The van der Waals surface area contributed by atoms with E-state index in [1.54, 1.807) is 0 Å². The Morgan fingerprint density at radius 3 is 2.78 bits per heavy atom. The van der Waals surface area contributed by atoms with Crippen LogP contribution >= 0.6 is 0 Å². The zero-order valence-electron chi connectivity index (χ0n) is 10.9. The summed E-state index contributed by atoms with van der Waals surface area (Å²) in [4.78, 5) is 4.63. The van der Waals surface area contributed by atoms with E-state index in [4.69, 9.17) is 9.26 Å². The van der Waals surface area contributed by atoms with E-state index in [2.05, 4.69) is 22.4 Å². The smallest absolute Gasteiger partial charge is 0.229 e. The number of rotatable bonds is 2. The zero-order valence-corrected chi connectivity index (χ0v) is 10.9. The highest BCUT2D eigenvalue weighted by Gasteiger charge is 2.27. The molecule has 1 aromatic heterocycles. The van der Waals surface area contributed by atoms with Crippen molar-refractivity contribution in [1.29, 1.82) is 0 Å². The third-order valence-corrected chi connectivity index (χ3v) is 4.02. The second kappa shape index (κ2) is 5.36. The highest BCUT2D eigenvalue weighted by atomic mass is 16.5. The third kappa shape index (κ3) is 2.57. The maximum atomic E-state index is 5.48. The van der Waals surface area contributed by atoms with Crippen LogP contribution in [0.25, 0.3) is 0 Å². The maximum Gasteiger partial charge on any atom is 0.229 e. The lowest BCUT2D eigenvalue weighted by Crippen LogP contribution is -2.35. The van der Waals surface area contributed by atoms with Crippen molar-refractivity contribution >= 4 is 0 Å². The predicted molar refractivity (Wildman–Crippen MR) is 66.5 cm³/mol. The molecular weight excluding hydrogens is 230 g/mol. The van der Waals surface area contributed by atoms with Gasteiger partial charge in [-0.1, -0.05) is 5.16 Å². The van der Waals surface area contributed by atoms with Gasteiger partial charge in [0, 0.05) is 31.1 Å². The van der Waals surface area contributed by atoms with Gasteiger partial charge in [0.05, 0.1) is 0 Å². The summed E-state index contributed by atoms with van der Waals surface area (Å²) in [6.07, 6.45) is 4.22. The van der Waals surface area contributed by atoms with Crippen LogP contribution in [0.5, 0.6) is 0 Å². The standard InChI is InChI=1S/C13H21N3O2/c1-9-8-11(2-5-14-9)13-15-12(16-18-13)10-3-6-17-7-4-10/h9-11,14H,2-8H2,1H3. The van der Waals surface area contributed by atoms with Crippen LogP contribution in [-0.2, 0) is 4.74 Å². The van der Waals surface area contributed by atoms with Crippen molar-refractivity contribution in [2.24, 2.45) is 0 Å². The van der Waals surface area contributed by atoms with Gasteiger partial charge in [0.15, 0.2) is 5.82 Å². The Balaban J connectivity index is 1.68. The van der Waals surface area contributed by atoms with Crippen molar-refractivity contribution in [2.45, 2.75) is 50.5 Å². The minimum Gasteiger partial charge on any atom is -0.381 e. The molecule has 2 aliphatic heterocycles. The molecule has 5 nitrogen and oxygen atoms in total. The number of hydrogen-bond acceptors (Lipinski definition) is 5. The van der Waals surface area contributed by atoms with E-state index in [0.29, 0.717) is 17.9 Å². The lowest BCUT2D eigenvalue weighted by atomic mass is 9.93. The highest BCUT2D eigenvalue weighted by molar-refractivity contribution is 5.02. The second-order valence-electron chi connectivity index (χ2n) is 5.45. The molecule has 2 unspecified atom stereocenters. The van der Waals surface area contributed by atoms with Crippen LogP contribution in [-0.4, -0.2) is 35.9 Å². The van der Waals surface area contributed by atoms with Gasteiger partial charge in [-0.3, -0.25) is 0 Å². The molecule has 0 bridgehead atoms. The minimum atomic E-state index is 0.426. The second-order valence-corrected chi connectivity index (χ2v) is 5.45. The Hall–Kier alpha value is -0.940. The van der Waals surface area contributed by atoms with Crippen molar-refractivity contribution < 1.29 is 9.26 Å². The lowest BCUT2D eigenvalue weighted by Gasteiger charge is -2.25. The Morgan fingerprint density at radius 1 is 1.17 bits per heavy atom. The summed E-state index contributed by atoms with van der Waals surface area (Å²) in [5.74, 6) is 2.59. The molecule has 0 aliphatic carbocycles. The van der Waals surface area contributed by atoms with E-state index >= 15 is 0 Å². The Bertz CT molecular complexity index is 387. The van der Waals surface area contributed by atoms with Gasteiger partial charge in [-0.15, -0.1) is 0 Å². The molecule has 3 rings (SSSR count). The molecule has 1 aromatic rings. The van der Waals surface area contributed by atoms with E-state index in [0.717, 1.165) is 57.2 Å². The summed E-state index contributed by atoms with van der Waals surface area (Å²) < 4.78 is 10.8. The fourth-order valence-electron chi connectivity index (χ4n) is 2.89. The number of nitrogens with zero attached hydrogens (tertiary/aromatic N) is 2. The number of aromatic nitrogens is 2. The van der Waals surface area contributed by atoms with Crippen LogP contribution in [0, 0.1) is 0 Å². The molecule has 18 heavy (non-hydrogen) atoms. The molecule has 1 N–H and O–H groups in total. The van der Waals surface area contributed by atoms with Crippen LogP contribution < -0.4 is 5.32 Å². The molecule has 2 atom stereocenters. The van der Waals surface area contributed by atoms with Crippen molar-refractivity contribution in [2.75, 3.05) is 19.8 Å². The van der Waals surface area contributed by atoms with Crippen molar-refractivity contribution in [3.8, 4) is 0 Å². The first kappa shape index (κ1) is 12.1. The van der Waals surface area contributed by atoms with Gasteiger partial charge in [0.2, 0.25) is 5.89 Å². The number of nitrogens with one attached hydrogen (secondary N) is 1. The van der Waals surface area contributed by atoms with Gasteiger partial charge >= 0.3 is 0 Å². The molecule has 0 aromatic carbocycles. The molecule has 2 saturated heterocycles. The average molecular weight is 251 g/mol. The quantitative estimate of drug-likeness (QED) is 0.868. The van der Waals surface area contributed by atoms with Crippen molar-refractivity contribution in [3.63, 3.8) is 0 Å². The average Bonchev–Trinajstić information content (AvgIpc) is 2.89. The van der Waals surface area contributed by atoms with Crippen LogP contribution in [0.15, 0.2) is 4.52 Å². The summed E-state index contributed by atoms with van der Waals surface area (Å²) in [5.41, 5.74) is 0. The van der Waals surface area contributed by atoms with E-state index in [9.17, 15) is 0 Å². The van der Waals surface area contributed by atoms with Gasteiger partial charge < -0.3 is 14.6 Å². The van der Waals surface area contributed by atoms with Gasteiger partial charge in [0.1, 0.15) is 0 Å². The predicted octanol–water partition coefficient (Wildman–Crippen LogP) is 1.82. The Kier molecular flexibility index (Phi) is 3.61. The van der Waals surface area contributed by atoms with E-state index < -0.39 is 0 Å². The molecule has 0 amide bonds. The fourth-order valence-corrected chi connectivity index (χ4v) is 2.89. The number of ether oxygens (including phenoxy) is 1. The minimum absolute atomic E-state index is 0.426. The first-order chi connectivity index (χ1) is 8.83. The summed E-state index contributed by atoms with van der Waals surface area (Å²) >= 11 is 0. The van der Waals surface area contributed by atoms with Crippen LogP contribution in [0.1, 0.15) is 56.2 Å². The summed E-state index contributed by atoms with van der Waals surface area (Å²) in [5, 5.41) is 7.62. The Morgan fingerprint density at radius 2 is 2.00 bits per heavy atom. The first-order valence-corrected chi connectivity index (χ1v) is 6.97. The molecule has 2 fully saturated rings. The van der Waals surface area contributed by atoms with Gasteiger partial charge in [0.25, 0.3) is 0 Å². The molecule has 3 heterocycles. The molecule has 0 spiro atoms. The number of hydrogen-bond donors (Lipinski definition) is 1. The molecule has 5 heteroatoms. The molecule has 0 saturated carbocycles. The zero-order chi connectivity index (χ0) is 12.4. The molecule has 0 radical (unpaired) electrons. The van der Waals surface area contributed by atoms with E-state index in [1.165, 1.54) is 0 Å². The van der Waals surface area contributed by atoms with Gasteiger partial charge in [-0.25, -0.2) is 0 Å². The summed E-state index contributed by atoms with van der Waals surface area (Å²) in [7, 11) is 0. The largest absolute Gasteiger partial charge is 0.381 e. The SMILES string of the molecule is CC1CC(c2nc(C3CCOCC3)no2)CCN1. The van der Waals surface area contributed by atoms with Crippen LogP contribution in [0.2, 0.25) is 0 Å². The summed E-state index contributed by atoms with van der Waals surface area (Å²) in [6, 6.07) is 0.544.